The molecule has 1 aromatic rings. The lowest BCUT2D eigenvalue weighted by Crippen LogP contribution is -2.30. The molecule has 6 heteroatoms. The van der Waals surface area contributed by atoms with Crippen molar-refractivity contribution in [3.8, 4) is 0 Å². The molecule has 0 aliphatic carbocycles. The van der Waals surface area contributed by atoms with E-state index in [4.69, 9.17) is 0 Å². The largest absolute Gasteiger partial charge is 0.364 e. The van der Waals surface area contributed by atoms with Crippen molar-refractivity contribution in [3.63, 3.8) is 0 Å². The van der Waals surface area contributed by atoms with Crippen molar-refractivity contribution in [2.24, 2.45) is 5.92 Å². The van der Waals surface area contributed by atoms with Gasteiger partial charge >= 0.3 is 5.69 Å². The Morgan fingerprint density at radius 1 is 1.63 bits per heavy atom. The van der Waals surface area contributed by atoms with Crippen LogP contribution >= 0.6 is 0 Å². The summed E-state index contributed by atoms with van der Waals surface area (Å²) in [6, 6.07) is 1.55. The molecule has 1 aromatic heterocycles. The molecule has 2 heterocycles. The molecule has 2 N–H and O–H groups in total. The predicted octanol–water partition coefficient (Wildman–Crippen LogP) is 2.10. The van der Waals surface area contributed by atoms with E-state index < -0.39 is 0 Å². The Morgan fingerprint density at radius 3 is 3.16 bits per heavy atom. The van der Waals surface area contributed by atoms with Crippen molar-refractivity contribution < 1.29 is 4.92 Å². The Kier molecular flexibility index (Phi) is 4.68. The molecule has 0 saturated carbocycles. The average molecular weight is 264 g/mol. The topological polar surface area (TPSA) is 80.1 Å². The lowest BCUT2D eigenvalue weighted by atomic mass is 9.96. The van der Waals surface area contributed by atoms with Crippen molar-refractivity contribution in [3.05, 3.63) is 27.9 Å². The number of nitrogens with one attached hydrogen (secondary N) is 2. The Balaban J connectivity index is 1.89. The summed E-state index contributed by atoms with van der Waals surface area (Å²) in [5.74, 6) is 1.03. The van der Waals surface area contributed by atoms with Crippen molar-refractivity contribution >= 4 is 11.5 Å². The van der Waals surface area contributed by atoms with Gasteiger partial charge in [-0.1, -0.05) is 0 Å². The zero-order chi connectivity index (χ0) is 13.7. The van der Waals surface area contributed by atoms with Crippen LogP contribution in [0.3, 0.4) is 0 Å². The highest BCUT2D eigenvalue weighted by molar-refractivity contribution is 5.56. The van der Waals surface area contributed by atoms with Gasteiger partial charge in [0.25, 0.3) is 0 Å². The van der Waals surface area contributed by atoms with Crippen LogP contribution in [0.5, 0.6) is 0 Å². The third-order valence-corrected chi connectivity index (χ3v) is 3.44. The molecular formula is C13H20N4O2. The third-order valence-electron chi connectivity index (χ3n) is 3.44. The Labute approximate surface area is 112 Å². The molecule has 0 amide bonds. The van der Waals surface area contributed by atoms with Gasteiger partial charge in [0.05, 0.1) is 4.92 Å². The van der Waals surface area contributed by atoms with Crippen LogP contribution < -0.4 is 10.6 Å². The van der Waals surface area contributed by atoms with Crippen LogP contribution in [-0.4, -0.2) is 29.5 Å². The second-order valence-corrected chi connectivity index (χ2v) is 5.07. The minimum absolute atomic E-state index is 0.0572. The smallest absolute Gasteiger partial charge is 0.311 e. The molecular weight excluding hydrogens is 244 g/mol. The van der Waals surface area contributed by atoms with Gasteiger partial charge in [-0.15, -0.1) is 0 Å². The van der Waals surface area contributed by atoms with Crippen LogP contribution in [0.2, 0.25) is 0 Å². The zero-order valence-electron chi connectivity index (χ0n) is 11.2. The van der Waals surface area contributed by atoms with Gasteiger partial charge in [-0.2, -0.15) is 0 Å². The summed E-state index contributed by atoms with van der Waals surface area (Å²) in [6.45, 7) is 4.68. The molecule has 1 atom stereocenters. The van der Waals surface area contributed by atoms with E-state index in [1.807, 2.05) is 0 Å². The summed E-state index contributed by atoms with van der Waals surface area (Å²) in [5.41, 5.74) is 0.857. The molecule has 1 fully saturated rings. The number of pyridine rings is 1. The van der Waals surface area contributed by atoms with Crippen LogP contribution in [0.4, 0.5) is 11.5 Å². The Bertz CT molecular complexity index is 444. The Morgan fingerprint density at radius 2 is 2.47 bits per heavy atom. The van der Waals surface area contributed by atoms with Gasteiger partial charge < -0.3 is 10.6 Å². The predicted molar refractivity (Wildman–Crippen MR) is 74.3 cm³/mol. The summed E-state index contributed by atoms with van der Waals surface area (Å²) in [7, 11) is 0. The van der Waals surface area contributed by atoms with E-state index >= 15 is 0 Å². The maximum atomic E-state index is 11.0. The van der Waals surface area contributed by atoms with E-state index in [-0.39, 0.29) is 10.6 Å². The minimum atomic E-state index is -0.384. The normalized spacial score (nSPS) is 19.1. The van der Waals surface area contributed by atoms with Crippen LogP contribution in [0, 0.1) is 23.0 Å². The van der Waals surface area contributed by atoms with E-state index in [2.05, 4.69) is 15.6 Å². The molecule has 0 radical (unpaired) electrons. The third kappa shape index (κ3) is 3.89. The van der Waals surface area contributed by atoms with Crippen LogP contribution in [-0.2, 0) is 0 Å². The zero-order valence-corrected chi connectivity index (χ0v) is 11.2. The molecule has 0 spiro atoms. The first-order valence-corrected chi connectivity index (χ1v) is 6.72. The average Bonchev–Trinajstić information content (AvgIpc) is 2.41. The van der Waals surface area contributed by atoms with Gasteiger partial charge in [0.2, 0.25) is 5.82 Å². The lowest BCUT2D eigenvalue weighted by Gasteiger charge is -2.22. The van der Waals surface area contributed by atoms with Crippen LogP contribution in [0.15, 0.2) is 12.3 Å². The van der Waals surface area contributed by atoms with E-state index in [1.54, 1.807) is 19.2 Å². The summed E-state index contributed by atoms with van der Waals surface area (Å²) in [6.07, 6.45) is 5.11. The maximum Gasteiger partial charge on any atom is 0.311 e. The maximum absolute atomic E-state index is 11.0. The van der Waals surface area contributed by atoms with Crippen molar-refractivity contribution in [2.75, 3.05) is 25.0 Å². The number of piperidine rings is 1. The van der Waals surface area contributed by atoms with Gasteiger partial charge in [-0.25, -0.2) is 4.98 Å². The summed E-state index contributed by atoms with van der Waals surface area (Å²) < 4.78 is 0. The number of aryl methyl sites for hydroxylation is 1. The van der Waals surface area contributed by atoms with Gasteiger partial charge in [0, 0.05) is 18.8 Å². The van der Waals surface area contributed by atoms with E-state index in [9.17, 15) is 10.1 Å². The first kappa shape index (κ1) is 13.7. The van der Waals surface area contributed by atoms with Gasteiger partial charge in [0.15, 0.2) is 0 Å². The molecule has 1 aliphatic heterocycles. The number of rotatable bonds is 5. The number of aromatic nitrogens is 1. The fraction of sp³-hybridized carbons (Fsp3) is 0.615. The minimum Gasteiger partial charge on any atom is -0.364 e. The number of hydrogen-bond donors (Lipinski definition) is 2. The summed E-state index contributed by atoms with van der Waals surface area (Å²) in [4.78, 5) is 14.7. The van der Waals surface area contributed by atoms with Gasteiger partial charge in [0.1, 0.15) is 0 Å². The molecule has 19 heavy (non-hydrogen) atoms. The van der Waals surface area contributed by atoms with Crippen LogP contribution in [0.25, 0.3) is 0 Å². The summed E-state index contributed by atoms with van der Waals surface area (Å²) >= 11 is 0. The highest BCUT2D eigenvalue weighted by atomic mass is 16.6. The quantitative estimate of drug-likeness (QED) is 0.629. The van der Waals surface area contributed by atoms with E-state index in [0.29, 0.717) is 11.7 Å². The lowest BCUT2D eigenvalue weighted by molar-refractivity contribution is -0.384. The first-order chi connectivity index (χ1) is 9.16. The monoisotopic (exact) mass is 264 g/mol. The van der Waals surface area contributed by atoms with Gasteiger partial charge in [-0.05, 0) is 50.8 Å². The molecule has 0 bridgehead atoms. The number of nitrogens with zero attached hydrogens (tertiary/aromatic N) is 2. The van der Waals surface area contributed by atoms with Crippen molar-refractivity contribution in [2.45, 2.75) is 26.2 Å². The Hall–Kier alpha value is -1.69. The van der Waals surface area contributed by atoms with Crippen molar-refractivity contribution in [1.82, 2.24) is 10.3 Å². The molecule has 104 valence electrons. The molecule has 1 aliphatic rings. The number of anilines is 1. The molecule has 6 nitrogen and oxygen atoms in total. The molecule has 1 unspecified atom stereocenters. The van der Waals surface area contributed by atoms with E-state index in [1.165, 1.54) is 12.8 Å². The van der Waals surface area contributed by atoms with Gasteiger partial charge in [-0.3, -0.25) is 10.1 Å². The standard InChI is InChI=1S/C13H20N4O2/c1-10-7-12(17(18)19)13(16-8-10)15-6-4-11-3-2-5-14-9-11/h7-8,11,14H,2-6,9H2,1H3,(H,15,16). The number of hydrogen-bond acceptors (Lipinski definition) is 5. The molecule has 0 aromatic carbocycles. The first-order valence-electron chi connectivity index (χ1n) is 6.72. The summed E-state index contributed by atoms with van der Waals surface area (Å²) in [5, 5.41) is 17.4. The second kappa shape index (κ2) is 6.47. The fourth-order valence-corrected chi connectivity index (χ4v) is 2.39. The highest BCUT2D eigenvalue weighted by Crippen LogP contribution is 2.23. The SMILES string of the molecule is Cc1cnc(NCCC2CCCNC2)c([N+](=O)[O-])c1. The van der Waals surface area contributed by atoms with Crippen LogP contribution in [0.1, 0.15) is 24.8 Å². The second-order valence-electron chi connectivity index (χ2n) is 5.07. The highest BCUT2D eigenvalue weighted by Gasteiger charge is 2.16. The molecule has 1 saturated heterocycles. The fourth-order valence-electron chi connectivity index (χ4n) is 2.39. The van der Waals surface area contributed by atoms with Crippen molar-refractivity contribution in [1.29, 1.82) is 0 Å². The molecule has 2 rings (SSSR count). The number of nitro groups is 1. The van der Waals surface area contributed by atoms with E-state index in [0.717, 1.165) is 31.6 Å².